The summed E-state index contributed by atoms with van der Waals surface area (Å²) in [5.41, 5.74) is 0.388. The van der Waals surface area contributed by atoms with Gasteiger partial charge in [0.25, 0.3) is 0 Å². The first kappa shape index (κ1) is 28.6. The van der Waals surface area contributed by atoms with Crippen LogP contribution in [0.2, 0.25) is 0 Å². The summed E-state index contributed by atoms with van der Waals surface area (Å²) in [4.78, 5) is 23.8. The molecule has 0 aromatic heterocycles. The molecule has 0 amide bonds. The molecule has 194 valence electrons. The van der Waals surface area contributed by atoms with Crippen LogP contribution in [0.3, 0.4) is 0 Å². The summed E-state index contributed by atoms with van der Waals surface area (Å²) in [6, 6.07) is 0. The van der Waals surface area contributed by atoms with Crippen molar-refractivity contribution < 1.29 is 28.9 Å². The molecule has 2 fully saturated rings. The molecule has 0 radical (unpaired) electrons. The van der Waals surface area contributed by atoms with Crippen molar-refractivity contribution in [2.75, 3.05) is 26.4 Å². The molecule has 1 unspecified atom stereocenters. The van der Waals surface area contributed by atoms with Crippen molar-refractivity contribution >= 4 is 11.9 Å². The van der Waals surface area contributed by atoms with Crippen LogP contribution in [0.15, 0.2) is 24.3 Å². The lowest BCUT2D eigenvalue weighted by atomic mass is 9.69. The largest absolute Gasteiger partial charge is 0.462 e. The predicted molar refractivity (Wildman–Crippen MR) is 133 cm³/mol. The molecule has 0 aliphatic heterocycles. The zero-order chi connectivity index (χ0) is 24.9. The van der Waals surface area contributed by atoms with Crippen molar-refractivity contribution in [2.45, 2.75) is 90.6 Å². The van der Waals surface area contributed by atoms with Gasteiger partial charge in [-0.2, -0.15) is 0 Å². The third-order valence-corrected chi connectivity index (χ3v) is 7.52. The summed E-state index contributed by atoms with van der Waals surface area (Å²) in [5, 5.41) is 9.08. The Morgan fingerprint density at radius 3 is 2.00 bits per heavy atom. The molecule has 2 rings (SSSR count). The highest BCUT2D eigenvalue weighted by atomic mass is 16.5. The molecule has 1 N–H and O–H groups in total. The highest BCUT2D eigenvalue weighted by Crippen LogP contribution is 2.42. The van der Waals surface area contributed by atoms with Crippen LogP contribution in [0.25, 0.3) is 0 Å². The number of esters is 2. The zero-order valence-corrected chi connectivity index (χ0v) is 21.4. The number of carbonyl (C=O) groups excluding carboxylic acids is 2. The van der Waals surface area contributed by atoms with Gasteiger partial charge in [0.1, 0.15) is 0 Å². The van der Waals surface area contributed by atoms with Crippen LogP contribution in [0.1, 0.15) is 84.5 Å². The highest BCUT2D eigenvalue weighted by molar-refractivity contribution is 5.88. The Labute approximate surface area is 206 Å². The van der Waals surface area contributed by atoms with Crippen LogP contribution in [0.4, 0.5) is 0 Å². The van der Waals surface area contributed by atoms with Crippen LogP contribution < -0.4 is 0 Å². The Morgan fingerprint density at radius 1 is 0.912 bits per heavy atom. The van der Waals surface area contributed by atoms with Gasteiger partial charge in [-0.15, -0.1) is 0 Å². The van der Waals surface area contributed by atoms with E-state index in [0.29, 0.717) is 17.6 Å². The summed E-state index contributed by atoms with van der Waals surface area (Å²) in [7, 11) is 0. The van der Waals surface area contributed by atoms with E-state index in [9.17, 15) is 9.59 Å². The van der Waals surface area contributed by atoms with E-state index in [0.717, 1.165) is 31.3 Å². The SMILES string of the molecule is C=C(C)C(=O)OCC(COC(=O)C(=C)CO)CC1CCC(C2CCC(OCCCC)CC2)CC1. The Hall–Kier alpha value is -1.66. The van der Waals surface area contributed by atoms with Crippen LogP contribution in [-0.2, 0) is 23.8 Å². The van der Waals surface area contributed by atoms with Crippen LogP contribution >= 0.6 is 0 Å². The van der Waals surface area contributed by atoms with Gasteiger partial charge in [-0.1, -0.05) is 39.3 Å². The molecular formula is C28H46O6. The topological polar surface area (TPSA) is 82.1 Å². The van der Waals surface area contributed by atoms with Gasteiger partial charge in [0, 0.05) is 18.1 Å². The summed E-state index contributed by atoms with van der Waals surface area (Å²) in [6.45, 7) is 11.8. The van der Waals surface area contributed by atoms with Crippen LogP contribution in [-0.4, -0.2) is 49.6 Å². The molecule has 1 atom stereocenters. The summed E-state index contributed by atoms with van der Waals surface area (Å²) < 4.78 is 16.7. The molecule has 0 spiro atoms. The van der Waals surface area contributed by atoms with E-state index in [1.54, 1.807) is 6.92 Å². The van der Waals surface area contributed by atoms with E-state index in [4.69, 9.17) is 19.3 Å². The fourth-order valence-electron chi connectivity index (χ4n) is 5.35. The van der Waals surface area contributed by atoms with Crippen molar-refractivity contribution in [3.05, 3.63) is 24.3 Å². The number of hydrogen-bond acceptors (Lipinski definition) is 6. The number of carbonyl (C=O) groups is 2. The quantitative estimate of drug-likeness (QED) is 0.205. The monoisotopic (exact) mass is 478 g/mol. The maximum absolute atomic E-state index is 11.9. The third-order valence-electron chi connectivity index (χ3n) is 7.52. The van der Waals surface area contributed by atoms with Crippen molar-refractivity contribution in [1.82, 2.24) is 0 Å². The van der Waals surface area contributed by atoms with E-state index in [2.05, 4.69) is 20.1 Å². The van der Waals surface area contributed by atoms with Gasteiger partial charge in [0.2, 0.25) is 0 Å². The molecule has 6 heteroatoms. The second kappa shape index (κ2) is 15.4. The minimum absolute atomic E-state index is 0.0312. The second-order valence-electron chi connectivity index (χ2n) is 10.4. The third kappa shape index (κ3) is 9.91. The number of hydrogen-bond donors (Lipinski definition) is 1. The first-order chi connectivity index (χ1) is 16.3. The van der Waals surface area contributed by atoms with E-state index in [1.165, 1.54) is 57.8 Å². The average molecular weight is 479 g/mol. The normalized spacial score (nSPS) is 25.9. The number of unbranched alkanes of at least 4 members (excludes halogenated alkanes) is 1. The average Bonchev–Trinajstić information content (AvgIpc) is 2.85. The van der Waals surface area contributed by atoms with Gasteiger partial charge in [0.05, 0.1) is 31.5 Å². The summed E-state index contributed by atoms with van der Waals surface area (Å²) in [6.07, 6.45) is 13.5. The van der Waals surface area contributed by atoms with Crippen molar-refractivity contribution in [3.8, 4) is 0 Å². The fraction of sp³-hybridized carbons (Fsp3) is 0.786. The number of rotatable bonds is 14. The van der Waals surface area contributed by atoms with Gasteiger partial charge in [-0.25, -0.2) is 9.59 Å². The van der Waals surface area contributed by atoms with Gasteiger partial charge >= 0.3 is 11.9 Å². The molecule has 0 saturated heterocycles. The Bertz CT molecular complexity index is 656. The van der Waals surface area contributed by atoms with Gasteiger partial charge in [-0.3, -0.25) is 0 Å². The van der Waals surface area contributed by atoms with E-state index in [1.807, 2.05) is 0 Å². The van der Waals surface area contributed by atoms with Crippen LogP contribution in [0.5, 0.6) is 0 Å². The van der Waals surface area contributed by atoms with E-state index in [-0.39, 0.29) is 24.7 Å². The lowest BCUT2D eigenvalue weighted by Gasteiger charge is -2.38. The molecule has 6 nitrogen and oxygen atoms in total. The molecule has 0 bridgehead atoms. The maximum Gasteiger partial charge on any atom is 0.335 e. The molecular weight excluding hydrogens is 432 g/mol. The van der Waals surface area contributed by atoms with Crippen molar-refractivity contribution in [2.24, 2.45) is 23.7 Å². The minimum Gasteiger partial charge on any atom is -0.462 e. The standard InChI is InChI=1S/C28H46O6/c1-5-6-15-32-26-13-11-25(12-14-26)24-9-7-22(8-10-24)16-23(18-33-27(30)20(2)3)19-34-28(31)21(4)17-29/h22-26,29H,2,4-19H2,1,3H3. The first-order valence-corrected chi connectivity index (χ1v) is 13.2. The lowest BCUT2D eigenvalue weighted by molar-refractivity contribution is -0.144. The Balaban J connectivity index is 1.77. The Kier molecular flexibility index (Phi) is 12.9. The molecule has 2 aliphatic carbocycles. The van der Waals surface area contributed by atoms with E-state index >= 15 is 0 Å². The molecule has 2 saturated carbocycles. The van der Waals surface area contributed by atoms with Crippen LogP contribution in [0, 0.1) is 23.7 Å². The molecule has 0 aromatic rings. The Morgan fingerprint density at radius 2 is 1.47 bits per heavy atom. The predicted octanol–water partition coefficient (Wildman–Crippen LogP) is 5.39. The van der Waals surface area contributed by atoms with Gasteiger partial charge in [-0.05, 0) is 76.0 Å². The summed E-state index contributed by atoms with van der Waals surface area (Å²) >= 11 is 0. The number of ether oxygens (including phenoxy) is 3. The summed E-state index contributed by atoms with van der Waals surface area (Å²) in [5.74, 6) is 1.07. The molecule has 34 heavy (non-hydrogen) atoms. The fourth-order valence-corrected chi connectivity index (χ4v) is 5.35. The second-order valence-corrected chi connectivity index (χ2v) is 10.4. The first-order valence-electron chi connectivity index (χ1n) is 13.2. The molecule has 0 heterocycles. The maximum atomic E-state index is 11.9. The number of aliphatic hydroxyl groups is 1. The van der Waals surface area contributed by atoms with E-state index < -0.39 is 18.5 Å². The molecule has 2 aliphatic rings. The lowest BCUT2D eigenvalue weighted by Crippen LogP contribution is -2.30. The van der Waals surface area contributed by atoms with Gasteiger partial charge < -0.3 is 19.3 Å². The minimum atomic E-state index is -0.600. The van der Waals surface area contributed by atoms with Crippen molar-refractivity contribution in [3.63, 3.8) is 0 Å². The molecule has 0 aromatic carbocycles. The van der Waals surface area contributed by atoms with Crippen molar-refractivity contribution in [1.29, 1.82) is 0 Å². The highest BCUT2D eigenvalue weighted by Gasteiger charge is 2.32. The number of aliphatic hydroxyl groups excluding tert-OH is 1. The smallest absolute Gasteiger partial charge is 0.335 e. The van der Waals surface area contributed by atoms with Gasteiger partial charge in [0.15, 0.2) is 0 Å². The zero-order valence-electron chi connectivity index (χ0n) is 21.4.